The average molecular weight is 364 g/mol. The first-order chi connectivity index (χ1) is 12.6. The summed E-state index contributed by atoms with van der Waals surface area (Å²) in [6.07, 6.45) is 3.36. The van der Waals surface area contributed by atoms with Crippen LogP contribution >= 0.6 is 11.8 Å². The summed E-state index contributed by atoms with van der Waals surface area (Å²) in [5.74, 6) is 1.78. The smallest absolute Gasteiger partial charge is 0.234 e. The molecular formula is C21H20N2O2S. The van der Waals surface area contributed by atoms with Crippen LogP contribution in [-0.4, -0.2) is 16.6 Å². The minimum atomic E-state index is -0.0290. The molecule has 0 aliphatic rings. The Morgan fingerprint density at radius 1 is 1.00 bits per heavy atom. The largest absolute Gasteiger partial charge is 0.457 e. The van der Waals surface area contributed by atoms with E-state index in [1.54, 1.807) is 36.3 Å². The number of rotatable bonds is 6. The summed E-state index contributed by atoms with van der Waals surface area (Å²) in [7, 11) is 0. The molecule has 0 unspecified atom stereocenters. The second kappa shape index (κ2) is 8.54. The topological polar surface area (TPSA) is 51.2 Å². The highest BCUT2D eigenvalue weighted by Gasteiger charge is 2.06. The molecule has 1 heterocycles. The van der Waals surface area contributed by atoms with Crippen LogP contribution in [0.1, 0.15) is 11.1 Å². The average Bonchev–Trinajstić information content (AvgIpc) is 2.65. The number of aryl methyl sites for hydroxylation is 2. The third-order valence-corrected chi connectivity index (χ3v) is 4.88. The van der Waals surface area contributed by atoms with Crippen molar-refractivity contribution in [2.24, 2.45) is 0 Å². The summed E-state index contributed by atoms with van der Waals surface area (Å²) in [6, 6.07) is 17.2. The number of hydrogen-bond acceptors (Lipinski definition) is 4. The minimum Gasteiger partial charge on any atom is -0.457 e. The van der Waals surface area contributed by atoms with Gasteiger partial charge in [-0.25, -0.2) is 0 Å². The highest BCUT2D eigenvalue weighted by molar-refractivity contribution is 8.00. The molecule has 3 aromatic rings. The van der Waals surface area contributed by atoms with Gasteiger partial charge in [0.2, 0.25) is 5.91 Å². The van der Waals surface area contributed by atoms with Gasteiger partial charge in [0.25, 0.3) is 0 Å². The monoisotopic (exact) mass is 364 g/mol. The Labute approximate surface area is 157 Å². The van der Waals surface area contributed by atoms with Crippen LogP contribution in [0.25, 0.3) is 0 Å². The van der Waals surface area contributed by atoms with Crippen molar-refractivity contribution in [1.82, 2.24) is 4.98 Å². The standard InChI is InChI=1S/C21H20N2O2S/c1-15-3-4-16(2)20(13-15)26-14-21(24)23-17-5-7-18(8-6-17)25-19-9-11-22-12-10-19/h3-13H,14H2,1-2H3,(H,23,24). The van der Waals surface area contributed by atoms with Gasteiger partial charge in [-0.2, -0.15) is 0 Å². The third kappa shape index (κ3) is 5.10. The van der Waals surface area contributed by atoms with Crippen LogP contribution in [0.3, 0.4) is 0 Å². The number of amides is 1. The van der Waals surface area contributed by atoms with Crippen molar-refractivity contribution >= 4 is 23.4 Å². The number of nitrogens with zero attached hydrogens (tertiary/aromatic N) is 1. The third-order valence-electron chi connectivity index (χ3n) is 3.73. The van der Waals surface area contributed by atoms with Crippen LogP contribution in [0.15, 0.2) is 71.9 Å². The predicted molar refractivity (Wildman–Crippen MR) is 106 cm³/mol. The molecule has 132 valence electrons. The molecule has 0 atom stereocenters. The Hall–Kier alpha value is -2.79. The first-order valence-corrected chi connectivity index (χ1v) is 9.26. The number of benzene rings is 2. The maximum Gasteiger partial charge on any atom is 0.234 e. The Kier molecular flexibility index (Phi) is 5.92. The summed E-state index contributed by atoms with van der Waals surface area (Å²) in [6.45, 7) is 4.11. The van der Waals surface area contributed by atoms with Crippen LogP contribution in [0.4, 0.5) is 5.69 Å². The van der Waals surface area contributed by atoms with E-state index >= 15 is 0 Å². The van der Waals surface area contributed by atoms with Crippen molar-refractivity contribution in [1.29, 1.82) is 0 Å². The predicted octanol–water partition coefficient (Wildman–Crippen LogP) is 5.22. The molecule has 0 aliphatic carbocycles. The van der Waals surface area contributed by atoms with Gasteiger partial charge in [-0.1, -0.05) is 17.7 Å². The van der Waals surface area contributed by atoms with E-state index in [0.29, 0.717) is 11.5 Å². The Bertz CT molecular complexity index is 880. The zero-order valence-corrected chi connectivity index (χ0v) is 15.5. The van der Waals surface area contributed by atoms with Crippen molar-refractivity contribution in [2.45, 2.75) is 18.7 Å². The van der Waals surface area contributed by atoms with Crippen molar-refractivity contribution in [2.75, 3.05) is 11.1 Å². The van der Waals surface area contributed by atoms with Crippen LogP contribution in [-0.2, 0) is 4.79 Å². The SMILES string of the molecule is Cc1ccc(C)c(SCC(=O)Nc2ccc(Oc3ccncc3)cc2)c1. The fourth-order valence-corrected chi connectivity index (χ4v) is 3.28. The minimum absolute atomic E-state index is 0.0290. The van der Waals surface area contributed by atoms with Gasteiger partial charge >= 0.3 is 0 Å². The fourth-order valence-electron chi connectivity index (χ4n) is 2.35. The number of nitrogens with one attached hydrogen (secondary N) is 1. The fraction of sp³-hybridized carbons (Fsp3) is 0.143. The van der Waals surface area contributed by atoms with Crippen molar-refractivity contribution in [3.63, 3.8) is 0 Å². The number of ether oxygens (including phenoxy) is 1. The first-order valence-electron chi connectivity index (χ1n) is 8.28. The van der Waals surface area contributed by atoms with E-state index in [-0.39, 0.29) is 5.91 Å². The number of carbonyl (C=O) groups excluding carboxylic acids is 1. The van der Waals surface area contributed by atoms with Crippen molar-refractivity contribution < 1.29 is 9.53 Å². The molecule has 0 bridgehead atoms. The maximum atomic E-state index is 12.2. The zero-order valence-electron chi connectivity index (χ0n) is 14.7. The van der Waals surface area contributed by atoms with Gasteiger partial charge in [-0.3, -0.25) is 9.78 Å². The lowest BCUT2D eigenvalue weighted by atomic mass is 10.2. The van der Waals surface area contributed by atoms with E-state index in [1.165, 1.54) is 11.1 Å². The van der Waals surface area contributed by atoms with Crippen LogP contribution in [0.2, 0.25) is 0 Å². The summed E-state index contributed by atoms with van der Waals surface area (Å²) >= 11 is 1.55. The van der Waals surface area contributed by atoms with Crippen LogP contribution < -0.4 is 10.1 Å². The number of pyridine rings is 1. The first kappa shape index (κ1) is 18.0. The Morgan fingerprint density at radius 2 is 1.69 bits per heavy atom. The molecule has 0 aliphatic heterocycles. The van der Waals surface area contributed by atoms with E-state index in [2.05, 4.69) is 42.3 Å². The molecule has 1 N–H and O–H groups in total. The highest BCUT2D eigenvalue weighted by atomic mass is 32.2. The molecule has 1 amide bonds. The van der Waals surface area contributed by atoms with Crippen LogP contribution in [0.5, 0.6) is 11.5 Å². The number of hydrogen-bond donors (Lipinski definition) is 1. The molecule has 5 heteroatoms. The lowest BCUT2D eigenvalue weighted by molar-refractivity contribution is -0.113. The molecule has 0 saturated heterocycles. The summed E-state index contributed by atoms with van der Waals surface area (Å²) < 4.78 is 5.71. The number of anilines is 1. The molecule has 4 nitrogen and oxygen atoms in total. The number of thioether (sulfide) groups is 1. The van der Waals surface area contributed by atoms with E-state index in [1.807, 2.05) is 24.3 Å². The van der Waals surface area contributed by atoms with Gasteiger partial charge in [0.05, 0.1) is 5.75 Å². The molecule has 3 rings (SSSR count). The van der Waals surface area contributed by atoms with E-state index in [9.17, 15) is 4.79 Å². The van der Waals surface area contributed by atoms with E-state index in [0.717, 1.165) is 16.3 Å². The normalized spacial score (nSPS) is 10.4. The zero-order chi connectivity index (χ0) is 18.4. The van der Waals surface area contributed by atoms with Gasteiger partial charge < -0.3 is 10.1 Å². The lowest BCUT2D eigenvalue weighted by Gasteiger charge is -2.09. The Morgan fingerprint density at radius 3 is 2.42 bits per heavy atom. The van der Waals surface area contributed by atoms with Gasteiger partial charge in [0, 0.05) is 23.0 Å². The van der Waals surface area contributed by atoms with E-state index < -0.39 is 0 Å². The molecule has 0 fully saturated rings. The lowest BCUT2D eigenvalue weighted by Crippen LogP contribution is -2.13. The highest BCUT2D eigenvalue weighted by Crippen LogP contribution is 2.25. The Balaban J connectivity index is 1.53. The van der Waals surface area contributed by atoms with Gasteiger partial charge in [-0.15, -0.1) is 11.8 Å². The van der Waals surface area contributed by atoms with Crippen LogP contribution in [0, 0.1) is 13.8 Å². The van der Waals surface area contributed by atoms with Crippen molar-refractivity contribution in [3.8, 4) is 11.5 Å². The summed E-state index contributed by atoms with van der Waals surface area (Å²) in [4.78, 5) is 17.3. The second-order valence-corrected chi connectivity index (χ2v) is 6.93. The van der Waals surface area contributed by atoms with E-state index in [4.69, 9.17) is 4.74 Å². The van der Waals surface area contributed by atoms with Crippen molar-refractivity contribution in [3.05, 3.63) is 78.1 Å². The quantitative estimate of drug-likeness (QED) is 0.609. The molecule has 0 spiro atoms. The molecule has 0 radical (unpaired) electrons. The molecule has 26 heavy (non-hydrogen) atoms. The molecule has 2 aromatic carbocycles. The number of carbonyl (C=O) groups is 1. The molecule has 1 aromatic heterocycles. The van der Waals surface area contributed by atoms with Gasteiger partial charge in [0.1, 0.15) is 11.5 Å². The molecule has 0 saturated carbocycles. The van der Waals surface area contributed by atoms with Gasteiger partial charge in [-0.05, 0) is 61.9 Å². The second-order valence-electron chi connectivity index (χ2n) is 5.92. The maximum absolute atomic E-state index is 12.2. The van der Waals surface area contributed by atoms with Gasteiger partial charge in [0.15, 0.2) is 0 Å². The summed E-state index contributed by atoms with van der Waals surface area (Å²) in [5.41, 5.74) is 3.13. The molecular weight excluding hydrogens is 344 g/mol. The number of aromatic nitrogens is 1. The summed E-state index contributed by atoms with van der Waals surface area (Å²) in [5, 5.41) is 2.91.